The lowest BCUT2D eigenvalue weighted by Gasteiger charge is -1.95. The molecule has 0 saturated carbocycles. The summed E-state index contributed by atoms with van der Waals surface area (Å²) in [4.78, 5) is 10.2. The fourth-order valence-corrected chi connectivity index (χ4v) is 2.20. The lowest BCUT2D eigenvalue weighted by molar-refractivity contribution is -0.118. The molecule has 1 amide bonds. The van der Waals surface area contributed by atoms with Crippen LogP contribution in [0.5, 0.6) is 0 Å². The van der Waals surface area contributed by atoms with Gasteiger partial charge in [-0.2, -0.15) is 0 Å². The monoisotopic (exact) mass is 179 g/mol. The topological polar surface area (TPSA) is 43.1 Å². The maximum absolute atomic E-state index is 10.2. The molecular weight excluding hydrogens is 166 g/mol. The van der Waals surface area contributed by atoms with E-state index in [1.54, 1.807) is 10.8 Å². The van der Waals surface area contributed by atoms with Crippen LogP contribution in [0.25, 0.3) is 0 Å². The maximum atomic E-state index is 10.2. The van der Waals surface area contributed by atoms with E-state index in [0.29, 0.717) is 6.42 Å². The maximum Gasteiger partial charge on any atom is 0.217 e. The molecular formula is C6H13NOS2. The van der Waals surface area contributed by atoms with Gasteiger partial charge in [-0.1, -0.05) is 28.5 Å². The molecule has 0 unspecified atom stereocenters. The van der Waals surface area contributed by atoms with Crippen molar-refractivity contribution in [2.75, 3.05) is 11.5 Å². The van der Waals surface area contributed by atoms with Crippen molar-refractivity contribution in [3.63, 3.8) is 0 Å². The second kappa shape index (κ2) is 7.28. The summed E-state index contributed by atoms with van der Waals surface area (Å²) >= 11 is 0. The Bertz CT molecular complexity index is 97.7. The fraction of sp³-hybridized carbons (Fsp3) is 0.833. The second-order valence-corrected chi connectivity index (χ2v) is 4.67. The summed E-state index contributed by atoms with van der Waals surface area (Å²) in [5.74, 6) is 1.96. The summed E-state index contributed by atoms with van der Waals surface area (Å²) in [5, 5.41) is 0. The van der Waals surface area contributed by atoms with Gasteiger partial charge in [0.25, 0.3) is 0 Å². The van der Waals surface area contributed by atoms with Crippen molar-refractivity contribution in [3.8, 4) is 0 Å². The van der Waals surface area contributed by atoms with Gasteiger partial charge in [0.2, 0.25) is 5.91 Å². The number of primary amides is 1. The molecule has 0 rings (SSSR count). The van der Waals surface area contributed by atoms with Crippen molar-refractivity contribution < 1.29 is 4.79 Å². The Morgan fingerprint density at radius 2 is 2.20 bits per heavy atom. The van der Waals surface area contributed by atoms with E-state index in [4.69, 9.17) is 5.73 Å². The Labute approximate surface area is 69.7 Å². The number of carbonyl (C=O) groups is 1. The number of hydrogen-bond acceptors (Lipinski definition) is 3. The Morgan fingerprint density at radius 1 is 1.50 bits per heavy atom. The highest BCUT2D eigenvalue weighted by molar-refractivity contribution is 8.76. The Morgan fingerprint density at radius 3 is 2.70 bits per heavy atom. The summed E-state index contributed by atoms with van der Waals surface area (Å²) in [6.07, 6.45) is 1.43. The Kier molecular flexibility index (Phi) is 7.40. The molecule has 0 spiro atoms. The zero-order chi connectivity index (χ0) is 7.82. The van der Waals surface area contributed by atoms with Crippen LogP contribution < -0.4 is 5.73 Å². The minimum absolute atomic E-state index is 0.193. The zero-order valence-corrected chi connectivity index (χ0v) is 7.76. The van der Waals surface area contributed by atoms with Crippen LogP contribution in [0.1, 0.15) is 19.8 Å². The zero-order valence-electron chi connectivity index (χ0n) is 6.13. The van der Waals surface area contributed by atoms with Crippen molar-refractivity contribution in [2.24, 2.45) is 5.73 Å². The molecule has 0 aromatic heterocycles. The SMILES string of the molecule is CCSSCCCC(N)=O. The van der Waals surface area contributed by atoms with E-state index in [9.17, 15) is 4.79 Å². The molecule has 0 radical (unpaired) electrons. The minimum atomic E-state index is -0.193. The van der Waals surface area contributed by atoms with Crippen LogP contribution in [0.2, 0.25) is 0 Å². The predicted octanol–water partition coefficient (Wildman–Crippen LogP) is 1.65. The minimum Gasteiger partial charge on any atom is -0.370 e. The third kappa shape index (κ3) is 8.17. The van der Waals surface area contributed by atoms with Gasteiger partial charge >= 0.3 is 0 Å². The van der Waals surface area contributed by atoms with E-state index in [1.165, 1.54) is 0 Å². The number of rotatable bonds is 6. The standard InChI is InChI=1S/C6H13NOS2/c1-2-9-10-5-3-4-6(7)8/h2-5H2,1H3,(H2,7,8). The molecule has 60 valence electrons. The highest BCUT2D eigenvalue weighted by Gasteiger charge is 1.93. The number of hydrogen-bond donors (Lipinski definition) is 1. The molecule has 2 nitrogen and oxygen atoms in total. The first-order chi connectivity index (χ1) is 4.77. The van der Waals surface area contributed by atoms with Crippen molar-refractivity contribution in [2.45, 2.75) is 19.8 Å². The van der Waals surface area contributed by atoms with Crippen LogP contribution >= 0.6 is 21.6 Å². The molecule has 0 aromatic rings. The van der Waals surface area contributed by atoms with E-state index in [1.807, 2.05) is 10.8 Å². The molecule has 0 aliphatic carbocycles. The summed E-state index contributed by atoms with van der Waals surface area (Å²) in [6.45, 7) is 2.12. The Balaban J connectivity index is 2.84. The third-order valence-corrected chi connectivity index (χ3v) is 3.42. The van der Waals surface area contributed by atoms with Gasteiger partial charge < -0.3 is 5.73 Å². The first-order valence-corrected chi connectivity index (χ1v) is 5.79. The van der Waals surface area contributed by atoms with Crippen LogP contribution in [0.15, 0.2) is 0 Å². The fourth-order valence-electron chi connectivity index (χ4n) is 0.448. The smallest absolute Gasteiger partial charge is 0.217 e. The third-order valence-electron chi connectivity index (χ3n) is 0.852. The second-order valence-electron chi connectivity index (χ2n) is 1.80. The number of amides is 1. The van der Waals surface area contributed by atoms with Gasteiger partial charge in [0.15, 0.2) is 0 Å². The molecule has 0 aliphatic rings. The van der Waals surface area contributed by atoms with Crippen molar-refractivity contribution in [1.29, 1.82) is 0 Å². The highest BCUT2D eigenvalue weighted by atomic mass is 33.1. The van der Waals surface area contributed by atoms with Crippen molar-refractivity contribution in [1.82, 2.24) is 0 Å². The molecule has 10 heavy (non-hydrogen) atoms. The average molecular weight is 179 g/mol. The van der Waals surface area contributed by atoms with Crippen LogP contribution in [0.3, 0.4) is 0 Å². The van der Waals surface area contributed by atoms with Gasteiger partial charge in [0.05, 0.1) is 0 Å². The molecule has 0 aliphatic heterocycles. The van der Waals surface area contributed by atoms with E-state index in [0.717, 1.165) is 17.9 Å². The van der Waals surface area contributed by atoms with Crippen LogP contribution in [0.4, 0.5) is 0 Å². The van der Waals surface area contributed by atoms with Gasteiger partial charge in [-0.15, -0.1) is 0 Å². The van der Waals surface area contributed by atoms with Crippen molar-refractivity contribution in [3.05, 3.63) is 0 Å². The van der Waals surface area contributed by atoms with E-state index in [-0.39, 0.29) is 5.91 Å². The highest BCUT2D eigenvalue weighted by Crippen LogP contribution is 2.21. The van der Waals surface area contributed by atoms with Crippen LogP contribution in [-0.4, -0.2) is 17.4 Å². The van der Waals surface area contributed by atoms with Gasteiger partial charge in [0, 0.05) is 17.9 Å². The summed E-state index contributed by atoms with van der Waals surface area (Å²) < 4.78 is 0. The number of carbonyl (C=O) groups excluding carboxylic acids is 1. The van der Waals surface area contributed by atoms with Gasteiger partial charge in [-0.05, 0) is 6.42 Å². The van der Waals surface area contributed by atoms with E-state index < -0.39 is 0 Å². The normalized spacial score (nSPS) is 9.70. The molecule has 0 atom stereocenters. The summed E-state index contributed by atoms with van der Waals surface area (Å²) in [5.41, 5.74) is 4.95. The number of nitrogens with two attached hydrogens (primary N) is 1. The van der Waals surface area contributed by atoms with E-state index in [2.05, 4.69) is 6.92 Å². The molecule has 0 fully saturated rings. The summed E-state index contributed by atoms with van der Waals surface area (Å²) in [6, 6.07) is 0. The summed E-state index contributed by atoms with van der Waals surface area (Å²) in [7, 11) is 3.63. The molecule has 0 saturated heterocycles. The first kappa shape index (κ1) is 10.2. The quantitative estimate of drug-likeness (QED) is 0.498. The first-order valence-electron chi connectivity index (χ1n) is 3.30. The lowest BCUT2D eigenvalue weighted by Crippen LogP contribution is -2.09. The lowest BCUT2D eigenvalue weighted by atomic mass is 10.3. The molecule has 2 N–H and O–H groups in total. The van der Waals surface area contributed by atoms with Gasteiger partial charge in [-0.3, -0.25) is 4.79 Å². The largest absolute Gasteiger partial charge is 0.370 e. The van der Waals surface area contributed by atoms with E-state index >= 15 is 0 Å². The molecule has 0 heterocycles. The predicted molar refractivity (Wildman–Crippen MR) is 49.0 cm³/mol. The van der Waals surface area contributed by atoms with Crippen LogP contribution in [0, 0.1) is 0 Å². The average Bonchev–Trinajstić information content (AvgIpc) is 1.87. The van der Waals surface area contributed by atoms with Crippen molar-refractivity contribution >= 4 is 27.5 Å². The Hall–Kier alpha value is 0.170. The molecule has 0 bridgehead atoms. The molecule has 4 heteroatoms. The van der Waals surface area contributed by atoms with Crippen LogP contribution in [-0.2, 0) is 4.79 Å². The van der Waals surface area contributed by atoms with Gasteiger partial charge in [-0.25, -0.2) is 0 Å². The molecule has 0 aromatic carbocycles. The van der Waals surface area contributed by atoms with Gasteiger partial charge in [0.1, 0.15) is 0 Å².